The van der Waals surface area contributed by atoms with Crippen LogP contribution in [0.15, 0.2) is 41.0 Å². The SMILES string of the molecule is COc1ccc(OC)c(NC(=S)NCc2ccco2)c1. The Hall–Kier alpha value is -2.21. The van der Waals surface area contributed by atoms with Gasteiger partial charge in [0.1, 0.15) is 17.3 Å². The Balaban J connectivity index is 1.99. The van der Waals surface area contributed by atoms with Gasteiger partial charge in [0, 0.05) is 6.07 Å². The fraction of sp³-hybridized carbons (Fsp3) is 0.214. The number of hydrogen-bond donors (Lipinski definition) is 2. The Labute approximate surface area is 122 Å². The molecule has 6 heteroatoms. The molecule has 2 rings (SSSR count). The van der Waals surface area contributed by atoms with Gasteiger partial charge in [-0.15, -0.1) is 0 Å². The third-order valence-electron chi connectivity index (χ3n) is 2.66. The zero-order valence-corrected chi connectivity index (χ0v) is 12.1. The Morgan fingerprint density at radius 1 is 1.25 bits per heavy atom. The largest absolute Gasteiger partial charge is 0.497 e. The summed E-state index contributed by atoms with van der Waals surface area (Å²) in [5.41, 5.74) is 0.740. The van der Waals surface area contributed by atoms with Gasteiger partial charge in [-0.25, -0.2) is 0 Å². The monoisotopic (exact) mass is 292 g/mol. The summed E-state index contributed by atoms with van der Waals surface area (Å²) in [7, 11) is 3.21. The summed E-state index contributed by atoms with van der Waals surface area (Å²) in [6.07, 6.45) is 1.62. The lowest BCUT2D eigenvalue weighted by atomic mass is 10.2. The summed E-state index contributed by atoms with van der Waals surface area (Å²) in [5, 5.41) is 6.60. The zero-order chi connectivity index (χ0) is 14.4. The van der Waals surface area contributed by atoms with Gasteiger partial charge in [0.15, 0.2) is 5.11 Å². The molecule has 0 bridgehead atoms. The molecule has 0 radical (unpaired) electrons. The van der Waals surface area contributed by atoms with Crippen molar-refractivity contribution in [2.45, 2.75) is 6.54 Å². The molecule has 0 fully saturated rings. The van der Waals surface area contributed by atoms with Crippen molar-refractivity contribution < 1.29 is 13.9 Å². The zero-order valence-electron chi connectivity index (χ0n) is 11.3. The van der Waals surface area contributed by atoms with Gasteiger partial charge in [-0.1, -0.05) is 0 Å². The smallest absolute Gasteiger partial charge is 0.171 e. The summed E-state index contributed by atoms with van der Waals surface area (Å²) in [6, 6.07) is 9.17. The van der Waals surface area contributed by atoms with Gasteiger partial charge in [0.05, 0.1) is 32.7 Å². The first-order valence-electron chi connectivity index (χ1n) is 6.02. The molecule has 0 amide bonds. The highest BCUT2D eigenvalue weighted by molar-refractivity contribution is 7.80. The highest BCUT2D eigenvalue weighted by Crippen LogP contribution is 2.28. The lowest BCUT2D eigenvalue weighted by Gasteiger charge is -2.14. The lowest BCUT2D eigenvalue weighted by molar-refractivity contribution is 0.405. The summed E-state index contributed by atoms with van der Waals surface area (Å²) in [4.78, 5) is 0. The first-order valence-corrected chi connectivity index (χ1v) is 6.43. The summed E-state index contributed by atoms with van der Waals surface area (Å²) in [6.45, 7) is 0.519. The summed E-state index contributed by atoms with van der Waals surface area (Å²) >= 11 is 5.24. The molecule has 5 nitrogen and oxygen atoms in total. The maximum absolute atomic E-state index is 5.27. The molecule has 0 saturated carbocycles. The van der Waals surface area contributed by atoms with E-state index < -0.39 is 0 Å². The second kappa shape index (κ2) is 6.81. The van der Waals surface area contributed by atoms with Gasteiger partial charge in [0.2, 0.25) is 0 Å². The fourth-order valence-corrected chi connectivity index (χ4v) is 1.84. The minimum absolute atomic E-state index is 0.480. The molecular formula is C14H16N2O3S. The number of nitrogens with one attached hydrogen (secondary N) is 2. The van der Waals surface area contributed by atoms with E-state index in [2.05, 4.69) is 10.6 Å². The van der Waals surface area contributed by atoms with Crippen LogP contribution >= 0.6 is 12.2 Å². The third kappa shape index (κ3) is 3.64. The number of ether oxygens (including phenoxy) is 2. The second-order valence-corrected chi connectivity index (χ2v) is 4.36. The second-order valence-electron chi connectivity index (χ2n) is 3.95. The number of hydrogen-bond acceptors (Lipinski definition) is 4. The quantitative estimate of drug-likeness (QED) is 0.827. The highest BCUT2D eigenvalue weighted by atomic mass is 32.1. The molecule has 1 heterocycles. The number of rotatable bonds is 5. The molecule has 0 saturated heterocycles. The van der Waals surface area contributed by atoms with Crippen molar-refractivity contribution in [1.29, 1.82) is 0 Å². The van der Waals surface area contributed by atoms with Gasteiger partial charge in [-0.3, -0.25) is 0 Å². The van der Waals surface area contributed by atoms with Crippen molar-refractivity contribution in [3.63, 3.8) is 0 Å². The van der Waals surface area contributed by atoms with Crippen molar-refractivity contribution in [3.8, 4) is 11.5 Å². The molecular weight excluding hydrogens is 276 g/mol. The van der Waals surface area contributed by atoms with Crippen LogP contribution in [-0.4, -0.2) is 19.3 Å². The third-order valence-corrected chi connectivity index (χ3v) is 2.90. The highest BCUT2D eigenvalue weighted by Gasteiger charge is 2.07. The molecule has 2 aromatic rings. The van der Waals surface area contributed by atoms with E-state index in [-0.39, 0.29) is 0 Å². The number of benzene rings is 1. The van der Waals surface area contributed by atoms with Crippen molar-refractivity contribution in [2.75, 3.05) is 19.5 Å². The maximum atomic E-state index is 5.27. The number of anilines is 1. The average molecular weight is 292 g/mol. The number of furan rings is 1. The van der Waals surface area contributed by atoms with Crippen LogP contribution in [0.25, 0.3) is 0 Å². The van der Waals surface area contributed by atoms with Gasteiger partial charge >= 0.3 is 0 Å². The van der Waals surface area contributed by atoms with Gasteiger partial charge in [-0.2, -0.15) is 0 Å². The molecule has 0 aliphatic carbocycles. The van der Waals surface area contributed by atoms with Crippen molar-refractivity contribution in [1.82, 2.24) is 5.32 Å². The van der Waals surface area contributed by atoms with Crippen LogP contribution in [0.2, 0.25) is 0 Å². The number of thiocarbonyl (C=S) groups is 1. The molecule has 2 N–H and O–H groups in total. The average Bonchev–Trinajstić information content (AvgIpc) is 2.98. The fourth-order valence-electron chi connectivity index (χ4n) is 1.66. The van der Waals surface area contributed by atoms with Crippen LogP contribution in [0.4, 0.5) is 5.69 Å². The van der Waals surface area contributed by atoms with Crippen LogP contribution in [-0.2, 0) is 6.54 Å². The van der Waals surface area contributed by atoms with E-state index in [9.17, 15) is 0 Å². The van der Waals surface area contributed by atoms with Crippen molar-refractivity contribution >= 4 is 23.0 Å². The van der Waals surface area contributed by atoms with Crippen LogP contribution in [0.1, 0.15) is 5.76 Å². The Kier molecular flexibility index (Phi) is 4.84. The van der Waals surface area contributed by atoms with E-state index in [1.54, 1.807) is 20.5 Å². The normalized spacial score (nSPS) is 9.90. The molecule has 1 aromatic carbocycles. The topological polar surface area (TPSA) is 55.7 Å². The molecule has 0 aliphatic rings. The van der Waals surface area contributed by atoms with E-state index in [1.807, 2.05) is 30.3 Å². The first-order chi connectivity index (χ1) is 9.72. The molecule has 0 aliphatic heterocycles. The standard InChI is InChI=1S/C14H16N2O3S/c1-17-10-5-6-13(18-2)12(8-10)16-14(20)15-9-11-4-3-7-19-11/h3-8H,9H2,1-2H3,(H2,15,16,20). The predicted octanol–water partition coefficient (Wildman–Crippen LogP) is 2.78. The Morgan fingerprint density at radius 2 is 2.10 bits per heavy atom. The number of methoxy groups -OCH3 is 2. The van der Waals surface area contributed by atoms with E-state index in [1.165, 1.54) is 0 Å². The predicted molar refractivity (Wildman–Crippen MR) is 81.3 cm³/mol. The molecule has 0 unspecified atom stereocenters. The molecule has 20 heavy (non-hydrogen) atoms. The van der Waals surface area contributed by atoms with E-state index >= 15 is 0 Å². The van der Waals surface area contributed by atoms with Crippen LogP contribution in [0.3, 0.4) is 0 Å². The lowest BCUT2D eigenvalue weighted by Crippen LogP contribution is -2.27. The molecule has 1 aromatic heterocycles. The molecule has 0 atom stereocenters. The Bertz CT molecular complexity index is 570. The van der Waals surface area contributed by atoms with E-state index in [0.29, 0.717) is 17.4 Å². The minimum atomic E-state index is 0.480. The van der Waals surface area contributed by atoms with Gasteiger partial charge in [-0.05, 0) is 36.5 Å². The first kappa shape index (κ1) is 14.2. The molecule has 106 valence electrons. The van der Waals surface area contributed by atoms with E-state index in [0.717, 1.165) is 17.2 Å². The van der Waals surface area contributed by atoms with Crippen LogP contribution < -0.4 is 20.1 Å². The van der Waals surface area contributed by atoms with Gasteiger partial charge in [0.25, 0.3) is 0 Å². The Morgan fingerprint density at radius 3 is 2.75 bits per heavy atom. The summed E-state index contributed by atoms with van der Waals surface area (Å²) in [5.74, 6) is 2.22. The van der Waals surface area contributed by atoms with Crippen molar-refractivity contribution in [3.05, 3.63) is 42.4 Å². The maximum Gasteiger partial charge on any atom is 0.171 e. The van der Waals surface area contributed by atoms with Crippen LogP contribution in [0.5, 0.6) is 11.5 Å². The van der Waals surface area contributed by atoms with Crippen molar-refractivity contribution in [2.24, 2.45) is 0 Å². The van der Waals surface area contributed by atoms with Gasteiger partial charge < -0.3 is 24.5 Å². The van der Waals surface area contributed by atoms with E-state index in [4.69, 9.17) is 26.1 Å². The minimum Gasteiger partial charge on any atom is -0.497 e. The van der Waals surface area contributed by atoms with Crippen LogP contribution in [0, 0.1) is 0 Å². The molecule has 0 spiro atoms. The summed E-state index contributed by atoms with van der Waals surface area (Å²) < 4.78 is 15.7.